The molecule has 0 bridgehead atoms. The number of hydrogen-bond acceptors (Lipinski definition) is 4. The summed E-state index contributed by atoms with van der Waals surface area (Å²) in [4.78, 5) is 10.5. The molecule has 7 heteroatoms. The van der Waals surface area contributed by atoms with Crippen molar-refractivity contribution >= 4 is 21.6 Å². The van der Waals surface area contributed by atoms with Crippen LogP contribution in [0.1, 0.15) is 22.5 Å². The second kappa shape index (κ2) is 5.72. The van der Waals surface area contributed by atoms with Gasteiger partial charge in [-0.05, 0) is 35.3 Å². The molecule has 0 aliphatic carbocycles. The molecule has 1 heterocycles. The topological polar surface area (TPSA) is 81.2 Å². The molecule has 20 heavy (non-hydrogen) atoms. The molecule has 0 fully saturated rings. The highest BCUT2D eigenvalue weighted by Crippen LogP contribution is 2.29. The van der Waals surface area contributed by atoms with Crippen molar-refractivity contribution in [2.75, 3.05) is 0 Å². The van der Waals surface area contributed by atoms with E-state index in [-0.39, 0.29) is 12.3 Å². The van der Waals surface area contributed by atoms with Crippen molar-refractivity contribution < 1.29 is 10.0 Å². The minimum atomic E-state index is -0.423. The molecule has 1 N–H and O–H groups in total. The summed E-state index contributed by atoms with van der Waals surface area (Å²) in [6.07, 6.45) is 0. The van der Waals surface area contributed by atoms with Crippen LogP contribution < -0.4 is 0 Å². The van der Waals surface area contributed by atoms with E-state index in [9.17, 15) is 15.2 Å². The molecule has 0 radical (unpaired) electrons. The molecule has 0 aliphatic rings. The zero-order valence-corrected chi connectivity index (χ0v) is 12.7. The number of halogens is 1. The van der Waals surface area contributed by atoms with Crippen molar-refractivity contribution in [1.82, 2.24) is 9.78 Å². The van der Waals surface area contributed by atoms with E-state index in [4.69, 9.17) is 0 Å². The first-order chi connectivity index (χ1) is 9.45. The van der Waals surface area contributed by atoms with Crippen molar-refractivity contribution in [3.05, 3.63) is 55.3 Å². The Morgan fingerprint density at radius 2 is 2.15 bits per heavy atom. The Hall–Kier alpha value is -1.73. The van der Waals surface area contributed by atoms with Gasteiger partial charge in [0.25, 0.3) is 5.69 Å². The van der Waals surface area contributed by atoms with E-state index in [0.29, 0.717) is 11.0 Å². The molecule has 0 unspecified atom stereocenters. The molecule has 1 aromatic carbocycles. The molecule has 0 spiro atoms. The summed E-state index contributed by atoms with van der Waals surface area (Å²) in [6.45, 7) is 4.05. The highest BCUT2D eigenvalue weighted by atomic mass is 79.9. The SMILES string of the molecule is Cc1nn(Cc2cccc([N+](=O)[O-])c2Br)c(C)c1CO. The Bertz CT molecular complexity index is 667. The van der Waals surface area contributed by atoms with Gasteiger partial charge in [-0.3, -0.25) is 14.8 Å². The van der Waals surface area contributed by atoms with E-state index >= 15 is 0 Å². The Morgan fingerprint density at radius 1 is 1.45 bits per heavy atom. The van der Waals surface area contributed by atoms with Crippen LogP contribution in [0.2, 0.25) is 0 Å². The van der Waals surface area contributed by atoms with Crippen LogP contribution in [0.15, 0.2) is 22.7 Å². The van der Waals surface area contributed by atoms with Crippen LogP contribution in [-0.4, -0.2) is 19.8 Å². The minimum absolute atomic E-state index is 0.0337. The fraction of sp³-hybridized carbons (Fsp3) is 0.308. The Kier molecular flexibility index (Phi) is 4.20. The predicted octanol–water partition coefficient (Wildman–Crippen LogP) is 2.71. The molecule has 1 aromatic heterocycles. The van der Waals surface area contributed by atoms with E-state index in [1.165, 1.54) is 6.07 Å². The fourth-order valence-electron chi connectivity index (χ4n) is 2.11. The first-order valence-electron chi connectivity index (χ1n) is 6.01. The number of aliphatic hydroxyl groups is 1. The average Bonchev–Trinajstić information content (AvgIpc) is 2.66. The van der Waals surface area contributed by atoms with Gasteiger partial charge in [0.2, 0.25) is 0 Å². The molecule has 0 aliphatic heterocycles. The maximum atomic E-state index is 10.9. The number of hydrogen-bond donors (Lipinski definition) is 1. The minimum Gasteiger partial charge on any atom is -0.392 e. The summed E-state index contributed by atoms with van der Waals surface area (Å²) in [5.41, 5.74) is 3.24. The van der Waals surface area contributed by atoms with Gasteiger partial charge in [0.05, 0.1) is 23.8 Å². The number of nitro benzene ring substituents is 1. The molecular weight excluding hydrogens is 326 g/mol. The van der Waals surface area contributed by atoms with Crippen LogP contribution in [-0.2, 0) is 13.2 Å². The van der Waals surface area contributed by atoms with E-state index in [0.717, 1.165) is 22.5 Å². The smallest absolute Gasteiger partial charge is 0.283 e. The summed E-state index contributed by atoms with van der Waals surface area (Å²) in [5, 5.41) is 24.6. The number of benzene rings is 1. The number of aromatic nitrogens is 2. The molecule has 0 saturated carbocycles. The molecule has 0 saturated heterocycles. The van der Waals surface area contributed by atoms with Crippen LogP contribution in [0.25, 0.3) is 0 Å². The van der Waals surface area contributed by atoms with Gasteiger partial charge in [-0.15, -0.1) is 0 Å². The van der Waals surface area contributed by atoms with Crippen LogP contribution in [0, 0.1) is 24.0 Å². The Balaban J connectivity index is 2.41. The molecule has 2 rings (SSSR count). The summed E-state index contributed by atoms with van der Waals surface area (Å²) in [5.74, 6) is 0. The number of rotatable bonds is 4. The number of nitro groups is 1. The highest BCUT2D eigenvalue weighted by molar-refractivity contribution is 9.10. The van der Waals surface area contributed by atoms with Gasteiger partial charge in [0.15, 0.2) is 0 Å². The normalized spacial score (nSPS) is 10.8. The zero-order valence-electron chi connectivity index (χ0n) is 11.1. The third-order valence-electron chi connectivity index (χ3n) is 3.26. The molecule has 6 nitrogen and oxygen atoms in total. The van der Waals surface area contributed by atoms with Crippen LogP contribution in [0.4, 0.5) is 5.69 Å². The van der Waals surface area contributed by atoms with Crippen molar-refractivity contribution in [2.45, 2.75) is 27.0 Å². The lowest BCUT2D eigenvalue weighted by molar-refractivity contribution is -0.385. The van der Waals surface area contributed by atoms with Crippen molar-refractivity contribution in [3.63, 3.8) is 0 Å². The lowest BCUT2D eigenvalue weighted by Gasteiger charge is -2.07. The molecule has 106 valence electrons. The number of aryl methyl sites for hydroxylation is 1. The van der Waals surface area contributed by atoms with Crippen molar-refractivity contribution in [1.29, 1.82) is 0 Å². The summed E-state index contributed by atoms with van der Waals surface area (Å²) >= 11 is 3.27. The second-order valence-corrected chi connectivity index (χ2v) is 5.27. The maximum Gasteiger partial charge on any atom is 0.283 e. The molecular formula is C13H14BrN3O3. The van der Waals surface area contributed by atoms with Gasteiger partial charge in [-0.25, -0.2) is 0 Å². The van der Waals surface area contributed by atoms with Crippen LogP contribution >= 0.6 is 15.9 Å². The van der Waals surface area contributed by atoms with Gasteiger partial charge in [-0.2, -0.15) is 5.10 Å². The third-order valence-corrected chi connectivity index (χ3v) is 4.18. The average molecular weight is 340 g/mol. The monoisotopic (exact) mass is 339 g/mol. The summed E-state index contributed by atoms with van der Waals surface area (Å²) in [6, 6.07) is 4.91. The zero-order chi connectivity index (χ0) is 14.9. The van der Waals surface area contributed by atoms with E-state index in [1.54, 1.807) is 10.7 Å². The van der Waals surface area contributed by atoms with E-state index in [2.05, 4.69) is 21.0 Å². The second-order valence-electron chi connectivity index (χ2n) is 4.47. The van der Waals surface area contributed by atoms with Crippen molar-refractivity contribution in [3.8, 4) is 0 Å². The van der Waals surface area contributed by atoms with Gasteiger partial charge >= 0.3 is 0 Å². The first kappa shape index (κ1) is 14.7. The standard InChI is InChI=1S/C13H14BrN3O3/c1-8-11(7-18)9(2)16(15-8)6-10-4-3-5-12(13(10)14)17(19)20/h3-5,18H,6-7H2,1-2H3. The van der Waals surface area contributed by atoms with Crippen LogP contribution in [0.5, 0.6) is 0 Å². The number of nitrogens with zero attached hydrogens (tertiary/aromatic N) is 3. The predicted molar refractivity (Wildman–Crippen MR) is 77.5 cm³/mol. The maximum absolute atomic E-state index is 10.9. The van der Waals surface area contributed by atoms with Gasteiger partial charge in [-0.1, -0.05) is 12.1 Å². The fourth-order valence-corrected chi connectivity index (χ4v) is 2.64. The third kappa shape index (κ3) is 2.59. The highest BCUT2D eigenvalue weighted by Gasteiger charge is 2.17. The largest absolute Gasteiger partial charge is 0.392 e. The van der Waals surface area contributed by atoms with Gasteiger partial charge in [0, 0.05) is 17.3 Å². The molecule has 2 aromatic rings. The lowest BCUT2D eigenvalue weighted by Crippen LogP contribution is -2.06. The van der Waals surface area contributed by atoms with Gasteiger partial charge < -0.3 is 5.11 Å². The summed E-state index contributed by atoms with van der Waals surface area (Å²) < 4.78 is 2.20. The lowest BCUT2D eigenvalue weighted by atomic mass is 10.2. The van der Waals surface area contributed by atoms with Gasteiger partial charge in [0.1, 0.15) is 4.47 Å². The summed E-state index contributed by atoms with van der Waals surface area (Å²) in [7, 11) is 0. The quantitative estimate of drug-likeness (QED) is 0.685. The number of aliphatic hydroxyl groups excluding tert-OH is 1. The molecule has 0 amide bonds. The van der Waals surface area contributed by atoms with Crippen LogP contribution in [0.3, 0.4) is 0 Å². The molecule has 0 atom stereocenters. The Labute approximate surface area is 124 Å². The Morgan fingerprint density at radius 3 is 2.70 bits per heavy atom. The van der Waals surface area contributed by atoms with E-state index in [1.807, 2.05) is 19.9 Å². The van der Waals surface area contributed by atoms with E-state index < -0.39 is 4.92 Å². The van der Waals surface area contributed by atoms with Crippen molar-refractivity contribution in [2.24, 2.45) is 0 Å². The first-order valence-corrected chi connectivity index (χ1v) is 6.80.